The van der Waals surface area contributed by atoms with Gasteiger partial charge in [0.2, 0.25) is 0 Å². The van der Waals surface area contributed by atoms with Gasteiger partial charge in [0, 0.05) is 17.5 Å². The van der Waals surface area contributed by atoms with Crippen LogP contribution in [0.25, 0.3) is 11.3 Å². The van der Waals surface area contributed by atoms with Crippen LogP contribution in [0.3, 0.4) is 0 Å². The van der Waals surface area contributed by atoms with Crippen molar-refractivity contribution in [1.82, 2.24) is 9.97 Å². The van der Waals surface area contributed by atoms with Crippen molar-refractivity contribution in [2.24, 2.45) is 0 Å². The number of benzene rings is 1. The third-order valence-electron chi connectivity index (χ3n) is 3.12. The quantitative estimate of drug-likeness (QED) is 0.926. The van der Waals surface area contributed by atoms with E-state index in [2.05, 4.69) is 16.0 Å². The Balaban J connectivity index is 2.76. The van der Waals surface area contributed by atoms with Crippen LogP contribution < -0.4 is 10.3 Å². The normalized spacial score (nSPS) is 10.1. The van der Waals surface area contributed by atoms with Crippen LogP contribution in [0.5, 0.6) is 5.75 Å². The molecule has 0 atom stereocenters. The third-order valence-corrected chi connectivity index (χ3v) is 3.12. The number of nitriles is 1. The summed E-state index contributed by atoms with van der Waals surface area (Å²) >= 11 is 0. The number of H-pyrrole nitrogens is 1. The summed E-state index contributed by atoms with van der Waals surface area (Å²) < 4.78 is 5.31. The van der Waals surface area contributed by atoms with Crippen molar-refractivity contribution in [3.05, 3.63) is 45.5 Å². The Morgan fingerprint density at radius 3 is 2.80 bits per heavy atom. The fraction of sp³-hybridized carbons (Fsp3) is 0.267. The Labute approximate surface area is 116 Å². The van der Waals surface area contributed by atoms with Gasteiger partial charge in [0.05, 0.1) is 24.4 Å². The van der Waals surface area contributed by atoms with Gasteiger partial charge >= 0.3 is 0 Å². The number of hydrogen-bond acceptors (Lipinski definition) is 4. The molecule has 1 heterocycles. The van der Waals surface area contributed by atoms with Crippen LogP contribution in [-0.2, 0) is 6.42 Å². The fourth-order valence-corrected chi connectivity index (χ4v) is 1.97. The Bertz CT molecular complexity index is 742. The van der Waals surface area contributed by atoms with E-state index in [9.17, 15) is 4.79 Å². The highest BCUT2D eigenvalue weighted by Gasteiger charge is 2.14. The molecule has 0 saturated heterocycles. The van der Waals surface area contributed by atoms with Gasteiger partial charge in [-0.3, -0.25) is 4.79 Å². The summed E-state index contributed by atoms with van der Waals surface area (Å²) in [6.45, 7) is 3.62. The summed E-state index contributed by atoms with van der Waals surface area (Å²) in [5.41, 5.74) is 2.05. The van der Waals surface area contributed by atoms with Crippen LogP contribution in [0.4, 0.5) is 0 Å². The van der Waals surface area contributed by atoms with E-state index >= 15 is 0 Å². The van der Waals surface area contributed by atoms with Crippen molar-refractivity contribution in [1.29, 1.82) is 5.26 Å². The second-order valence-electron chi connectivity index (χ2n) is 4.37. The monoisotopic (exact) mass is 269 g/mol. The second-order valence-corrected chi connectivity index (χ2v) is 4.37. The molecule has 102 valence electrons. The lowest BCUT2D eigenvalue weighted by Crippen LogP contribution is -2.16. The number of rotatable bonds is 3. The second kappa shape index (κ2) is 5.57. The Kier molecular flexibility index (Phi) is 3.85. The maximum Gasteiger partial charge on any atom is 0.254 e. The van der Waals surface area contributed by atoms with Crippen LogP contribution in [0.15, 0.2) is 23.0 Å². The van der Waals surface area contributed by atoms with Gasteiger partial charge in [-0.1, -0.05) is 6.92 Å². The van der Waals surface area contributed by atoms with E-state index in [0.717, 1.165) is 0 Å². The molecule has 1 N–H and O–H groups in total. The highest BCUT2D eigenvalue weighted by molar-refractivity contribution is 5.71. The zero-order chi connectivity index (χ0) is 14.7. The van der Waals surface area contributed by atoms with E-state index in [0.29, 0.717) is 40.4 Å². The molecular formula is C15H15N3O2. The van der Waals surface area contributed by atoms with Gasteiger partial charge in [0.25, 0.3) is 5.56 Å². The van der Waals surface area contributed by atoms with Crippen molar-refractivity contribution in [2.45, 2.75) is 20.3 Å². The van der Waals surface area contributed by atoms with Gasteiger partial charge in [-0.2, -0.15) is 5.26 Å². The molecule has 0 saturated carbocycles. The average Bonchev–Trinajstić information content (AvgIpc) is 2.49. The van der Waals surface area contributed by atoms with Gasteiger partial charge < -0.3 is 9.72 Å². The maximum absolute atomic E-state index is 11.9. The highest BCUT2D eigenvalue weighted by Crippen LogP contribution is 2.30. The van der Waals surface area contributed by atoms with Gasteiger partial charge in [0.15, 0.2) is 0 Å². The predicted molar refractivity (Wildman–Crippen MR) is 75.7 cm³/mol. The standard InChI is InChI=1S/C15H15N3O2/c1-4-13-17-14(9(2)15(19)18-13)11-7-10(8-16)5-6-12(11)20-3/h5-7H,4H2,1-3H3,(H,17,18,19). The van der Waals surface area contributed by atoms with E-state index in [4.69, 9.17) is 10.00 Å². The molecule has 2 aromatic rings. The van der Waals surface area contributed by atoms with Gasteiger partial charge in [-0.25, -0.2) is 4.98 Å². The van der Waals surface area contributed by atoms with E-state index < -0.39 is 0 Å². The molecule has 20 heavy (non-hydrogen) atoms. The zero-order valence-corrected chi connectivity index (χ0v) is 11.7. The number of nitrogens with one attached hydrogen (secondary N) is 1. The molecule has 0 aliphatic carbocycles. The minimum absolute atomic E-state index is 0.170. The molecule has 0 aliphatic rings. The first-order valence-corrected chi connectivity index (χ1v) is 6.29. The number of aromatic nitrogens is 2. The minimum atomic E-state index is -0.170. The molecule has 0 spiro atoms. The number of hydrogen-bond donors (Lipinski definition) is 1. The number of ether oxygens (including phenoxy) is 1. The highest BCUT2D eigenvalue weighted by atomic mass is 16.5. The number of aryl methyl sites for hydroxylation is 1. The molecule has 0 unspecified atom stereocenters. The Morgan fingerprint density at radius 2 is 2.20 bits per heavy atom. The maximum atomic E-state index is 11.9. The van der Waals surface area contributed by atoms with Crippen LogP contribution in [-0.4, -0.2) is 17.1 Å². The van der Waals surface area contributed by atoms with Crippen LogP contribution in [0.2, 0.25) is 0 Å². The molecule has 2 rings (SSSR count). The summed E-state index contributed by atoms with van der Waals surface area (Å²) in [5, 5.41) is 9.02. The summed E-state index contributed by atoms with van der Waals surface area (Å²) in [6, 6.07) is 7.15. The Hall–Kier alpha value is -2.61. The summed E-state index contributed by atoms with van der Waals surface area (Å²) in [6.07, 6.45) is 0.628. The lowest BCUT2D eigenvalue weighted by molar-refractivity contribution is 0.416. The molecular weight excluding hydrogens is 254 g/mol. The third kappa shape index (κ3) is 2.41. The van der Waals surface area contributed by atoms with Crippen molar-refractivity contribution < 1.29 is 4.74 Å². The summed E-state index contributed by atoms with van der Waals surface area (Å²) in [7, 11) is 1.55. The van der Waals surface area contributed by atoms with Crippen molar-refractivity contribution in [2.75, 3.05) is 7.11 Å². The van der Waals surface area contributed by atoms with Crippen LogP contribution in [0, 0.1) is 18.3 Å². The number of methoxy groups -OCH3 is 1. The van der Waals surface area contributed by atoms with Crippen molar-refractivity contribution in [3.8, 4) is 23.1 Å². The summed E-state index contributed by atoms with van der Waals surface area (Å²) in [5.74, 6) is 1.20. The topological polar surface area (TPSA) is 78.8 Å². The smallest absolute Gasteiger partial charge is 0.254 e. The van der Waals surface area contributed by atoms with E-state index in [-0.39, 0.29) is 5.56 Å². The number of aromatic amines is 1. The van der Waals surface area contributed by atoms with Crippen LogP contribution in [0.1, 0.15) is 23.9 Å². The molecule has 5 heteroatoms. The lowest BCUT2D eigenvalue weighted by atomic mass is 10.0. The van der Waals surface area contributed by atoms with Crippen molar-refractivity contribution >= 4 is 0 Å². The van der Waals surface area contributed by atoms with Crippen LogP contribution >= 0.6 is 0 Å². The predicted octanol–water partition coefficient (Wildman–Crippen LogP) is 2.19. The van der Waals surface area contributed by atoms with E-state index in [1.54, 1.807) is 32.2 Å². The van der Waals surface area contributed by atoms with Crippen molar-refractivity contribution in [3.63, 3.8) is 0 Å². The Morgan fingerprint density at radius 1 is 1.45 bits per heavy atom. The SMILES string of the molecule is CCc1nc(-c2cc(C#N)ccc2OC)c(C)c(=O)[nH]1. The van der Waals surface area contributed by atoms with E-state index in [1.165, 1.54) is 0 Å². The first-order valence-electron chi connectivity index (χ1n) is 6.29. The number of nitrogens with zero attached hydrogens (tertiary/aromatic N) is 2. The van der Waals surface area contributed by atoms with Gasteiger partial charge in [0.1, 0.15) is 11.6 Å². The molecule has 0 bridgehead atoms. The molecule has 1 aromatic heterocycles. The first-order chi connectivity index (χ1) is 9.60. The molecule has 0 radical (unpaired) electrons. The van der Waals surface area contributed by atoms with Gasteiger partial charge in [-0.15, -0.1) is 0 Å². The average molecular weight is 269 g/mol. The fourth-order valence-electron chi connectivity index (χ4n) is 1.97. The molecule has 0 fully saturated rings. The molecule has 0 aliphatic heterocycles. The molecule has 5 nitrogen and oxygen atoms in total. The molecule has 0 amide bonds. The van der Waals surface area contributed by atoms with E-state index in [1.807, 2.05) is 6.92 Å². The lowest BCUT2D eigenvalue weighted by Gasteiger charge is -2.11. The van der Waals surface area contributed by atoms with Gasteiger partial charge in [-0.05, 0) is 25.1 Å². The molecule has 1 aromatic carbocycles. The first kappa shape index (κ1) is 13.8. The minimum Gasteiger partial charge on any atom is -0.496 e. The zero-order valence-electron chi connectivity index (χ0n) is 11.7. The largest absolute Gasteiger partial charge is 0.496 e. The summed E-state index contributed by atoms with van der Waals surface area (Å²) in [4.78, 5) is 19.1.